The molecule has 0 aliphatic carbocycles. The Morgan fingerprint density at radius 3 is 2.23 bits per heavy atom. The fourth-order valence-corrected chi connectivity index (χ4v) is 1.77. The normalized spacial score (nSPS) is 12.6. The lowest BCUT2D eigenvalue weighted by atomic mass is 10.0. The average Bonchev–Trinajstić information content (AvgIpc) is 2.45. The second-order valence-corrected chi connectivity index (χ2v) is 4.48. The molecule has 0 saturated heterocycles. The lowest BCUT2D eigenvalue weighted by molar-refractivity contribution is -0.145. The van der Waals surface area contributed by atoms with Gasteiger partial charge >= 0.3 is 12.1 Å². The van der Waals surface area contributed by atoms with Crippen molar-refractivity contribution in [3.63, 3.8) is 0 Å². The maximum absolute atomic E-state index is 12.5. The molecule has 0 saturated carbocycles. The van der Waals surface area contributed by atoms with Gasteiger partial charge in [-0.15, -0.1) is 0 Å². The molecule has 122 valence electrons. The van der Waals surface area contributed by atoms with Crippen LogP contribution in [-0.4, -0.2) is 38.7 Å². The lowest BCUT2D eigenvalue weighted by Gasteiger charge is -2.16. The molecule has 1 rings (SSSR count). The van der Waals surface area contributed by atoms with Gasteiger partial charge in [0.05, 0.1) is 12.7 Å². The number of alkyl halides is 3. The molecule has 1 aromatic carbocycles. The quantitative estimate of drug-likeness (QED) is 0.808. The number of esters is 1. The summed E-state index contributed by atoms with van der Waals surface area (Å²) >= 11 is 0. The molecule has 0 unspecified atom stereocenters. The van der Waals surface area contributed by atoms with Gasteiger partial charge in [0.15, 0.2) is 0 Å². The molecule has 0 bridgehead atoms. The minimum absolute atomic E-state index is 0.0142. The second-order valence-electron chi connectivity index (χ2n) is 4.48. The molecule has 0 aromatic heterocycles. The van der Waals surface area contributed by atoms with Crippen molar-refractivity contribution >= 4 is 11.9 Å². The van der Waals surface area contributed by atoms with E-state index >= 15 is 0 Å². The maximum Gasteiger partial charge on any atom is 0.416 e. The summed E-state index contributed by atoms with van der Waals surface area (Å²) in [5.74, 6) is -1.21. The van der Waals surface area contributed by atoms with E-state index in [2.05, 4.69) is 14.8 Å². The predicted octanol–water partition coefficient (Wildman–Crippen LogP) is 1.55. The minimum Gasteiger partial charge on any atom is -0.467 e. The fourth-order valence-electron chi connectivity index (χ4n) is 1.77. The van der Waals surface area contributed by atoms with Crippen LogP contribution in [0.1, 0.15) is 11.1 Å². The van der Waals surface area contributed by atoms with Gasteiger partial charge in [0.25, 0.3) is 0 Å². The van der Waals surface area contributed by atoms with Gasteiger partial charge in [0.2, 0.25) is 5.91 Å². The van der Waals surface area contributed by atoms with Crippen molar-refractivity contribution in [1.82, 2.24) is 5.32 Å². The molecule has 1 aromatic rings. The summed E-state index contributed by atoms with van der Waals surface area (Å²) in [7, 11) is 2.48. The van der Waals surface area contributed by atoms with Crippen molar-refractivity contribution in [2.45, 2.75) is 18.6 Å². The topological polar surface area (TPSA) is 64.6 Å². The first-order chi connectivity index (χ1) is 10.3. The molecule has 0 aliphatic heterocycles. The zero-order valence-electron chi connectivity index (χ0n) is 12.1. The van der Waals surface area contributed by atoms with Crippen LogP contribution in [0.25, 0.3) is 0 Å². The van der Waals surface area contributed by atoms with Crippen LogP contribution in [0.3, 0.4) is 0 Å². The van der Waals surface area contributed by atoms with E-state index in [4.69, 9.17) is 0 Å². The Bertz CT molecular complexity index is 514. The summed E-state index contributed by atoms with van der Waals surface area (Å²) in [6, 6.07) is 3.34. The van der Waals surface area contributed by atoms with Crippen molar-refractivity contribution in [2.24, 2.45) is 0 Å². The van der Waals surface area contributed by atoms with Gasteiger partial charge < -0.3 is 14.8 Å². The number of methoxy groups -OCH3 is 2. The largest absolute Gasteiger partial charge is 0.467 e. The highest BCUT2D eigenvalue weighted by molar-refractivity contribution is 5.85. The van der Waals surface area contributed by atoms with E-state index in [9.17, 15) is 22.8 Å². The molecule has 0 radical (unpaired) electrons. The third-order valence-electron chi connectivity index (χ3n) is 2.82. The number of amides is 1. The Kier molecular flexibility index (Phi) is 6.36. The third kappa shape index (κ3) is 5.36. The fraction of sp³-hybridized carbons (Fsp3) is 0.429. The number of halogens is 3. The summed E-state index contributed by atoms with van der Waals surface area (Å²) in [5.41, 5.74) is -0.324. The number of ether oxygens (including phenoxy) is 2. The zero-order chi connectivity index (χ0) is 16.8. The molecule has 1 atom stereocenters. The van der Waals surface area contributed by atoms with E-state index < -0.39 is 29.7 Å². The molecule has 0 fully saturated rings. The number of nitrogens with one attached hydrogen (secondary N) is 1. The zero-order valence-corrected chi connectivity index (χ0v) is 12.1. The number of benzene rings is 1. The van der Waals surface area contributed by atoms with Crippen LogP contribution in [0.15, 0.2) is 24.3 Å². The molecule has 0 spiro atoms. The maximum atomic E-state index is 12.5. The number of carbonyl (C=O) groups excluding carboxylic acids is 2. The van der Waals surface area contributed by atoms with Gasteiger partial charge in [-0.3, -0.25) is 4.79 Å². The van der Waals surface area contributed by atoms with Gasteiger partial charge in [0, 0.05) is 13.5 Å². The number of hydrogen-bond acceptors (Lipinski definition) is 4. The van der Waals surface area contributed by atoms with Gasteiger partial charge in [-0.2, -0.15) is 13.2 Å². The first-order valence-electron chi connectivity index (χ1n) is 6.30. The minimum atomic E-state index is -4.42. The van der Waals surface area contributed by atoms with Gasteiger partial charge in [-0.25, -0.2) is 4.79 Å². The highest BCUT2D eigenvalue weighted by Gasteiger charge is 2.30. The Balaban J connectivity index is 2.81. The van der Waals surface area contributed by atoms with E-state index in [0.717, 1.165) is 19.2 Å². The van der Waals surface area contributed by atoms with Crippen molar-refractivity contribution in [1.29, 1.82) is 0 Å². The van der Waals surface area contributed by atoms with E-state index in [1.807, 2.05) is 0 Å². The molecule has 1 amide bonds. The summed E-state index contributed by atoms with van der Waals surface area (Å²) in [6.45, 7) is -0.236. The SMILES string of the molecule is COCC(=O)N[C@H](Cc1ccc(C(F)(F)F)cc1)C(=O)OC. The Labute approximate surface area is 125 Å². The Hall–Kier alpha value is -2.09. The number of carbonyl (C=O) groups is 2. The highest BCUT2D eigenvalue weighted by Crippen LogP contribution is 2.29. The van der Waals surface area contributed by atoms with Crippen LogP contribution in [0.2, 0.25) is 0 Å². The molecule has 22 heavy (non-hydrogen) atoms. The average molecular weight is 319 g/mol. The molecule has 0 heterocycles. The molecular weight excluding hydrogens is 303 g/mol. The number of hydrogen-bond donors (Lipinski definition) is 1. The first-order valence-corrected chi connectivity index (χ1v) is 6.30. The predicted molar refractivity (Wildman–Crippen MR) is 71.0 cm³/mol. The van der Waals surface area contributed by atoms with E-state index in [-0.39, 0.29) is 13.0 Å². The van der Waals surface area contributed by atoms with Crippen LogP contribution in [-0.2, 0) is 31.7 Å². The van der Waals surface area contributed by atoms with E-state index in [1.54, 1.807) is 0 Å². The monoisotopic (exact) mass is 319 g/mol. The van der Waals surface area contributed by atoms with Crippen LogP contribution in [0.4, 0.5) is 13.2 Å². The van der Waals surface area contributed by atoms with Crippen molar-refractivity contribution in [3.05, 3.63) is 35.4 Å². The second kappa shape index (κ2) is 7.79. The smallest absolute Gasteiger partial charge is 0.416 e. The highest BCUT2D eigenvalue weighted by atomic mass is 19.4. The van der Waals surface area contributed by atoms with Crippen molar-refractivity contribution in [3.8, 4) is 0 Å². The third-order valence-corrected chi connectivity index (χ3v) is 2.82. The molecular formula is C14H16F3NO4. The summed E-state index contributed by atoms with van der Waals surface area (Å²) in [5, 5.41) is 2.40. The van der Waals surface area contributed by atoms with Crippen molar-refractivity contribution < 1.29 is 32.2 Å². The van der Waals surface area contributed by atoms with Crippen molar-refractivity contribution in [2.75, 3.05) is 20.8 Å². The van der Waals surface area contributed by atoms with E-state index in [1.165, 1.54) is 19.2 Å². The van der Waals surface area contributed by atoms with E-state index in [0.29, 0.717) is 5.56 Å². The van der Waals surface area contributed by atoms with Crippen LogP contribution < -0.4 is 5.32 Å². The number of rotatable bonds is 6. The molecule has 1 N–H and O–H groups in total. The Morgan fingerprint density at radius 1 is 1.18 bits per heavy atom. The van der Waals surface area contributed by atoms with Gasteiger partial charge in [-0.1, -0.05) is 12.1 Å². The van der Waals surface area contributed by atoms with Gasteiger partial charge in [-0.05, 0) is 17.7 Å². The summed E-state index contributed by atoms with van der Waals surface area (Å²) in [6.07, 6.45) is -4.41. The van der Waals surface area contributed by atoms with Crippen LogP contribution in [0, 0.1) is 0 Å². The van der Waals surface area contributed by atoms with Crippen LogP contribution in [0.5, 0.6) is 0 Å². The molecule has 0 aliphatic rings. The standard InChI is InChI=1S/C14H16F3NO4/c1-21-8-12(19)18-11(13(20)22-2)7-9-3-5-10(6-4-9)14(15,16)17/h3-6,11H,7-8H2,1-2H3,(H,18,19)/t11-/m1/s1. The lowest BCUT2D eigenvalue weighted by Crippen LogP contribution is -2.44. The van der Waals surface area contributed by atoms with Gasteiger partial charge in [0.1, 0.15) is 12.6 Å². The first kappa shape index (κ1) is 18.0. The summed E-state index contributed by atoms with van der Waals surface area (Å²) in [4.78, 5) is 23.1. The Morgan fingerprint density at radius 2 is 1.77 bits per heavy atom. The molecule has 5 nitrogen and oxygen atoms in total. The molecule has 8 heteroatoms. The van der Waals surface area contributed by atoms with Crippen LogP contribution >= 0.6 is 0 Å². The summed E-state index contributed by atoms with van der Waals surface area (Å²) < 4.78 is 46.6.